The maximum Gasteiger partial charge on any atom is 0.303 e. The number of rotatable bonds is 6. The average Bonchev–Trinajstić information content (AvgIpc) is 2.42. The molecular formula is C13H18O10. The Hall–Kier alpha value is -2.20. The predicted octanol–water partition coefficient (Wildman–Crippen LogP) is -1.33. The lowest BCUT2D eigenvalue weighted by Gasteiger charge is -2.42. The fraction of sp³-hybridized carbons (Fsp3) is 0.692. The number of carbonyl (C=O) groups excluding carboxylic acids is 4. The van der Waals surface area contributed by atoms with Gasteiger partial charge in [-0.05, 0) is 0 Å². The SMILES string of the molecule is CC(=O)O[C@H]1[C@H](OC(C)=O)[C@@H](OC(C)=O)C(O)O[C@@H]1COC=O. The summed E-state index contributed by atoms with van der Waals surface area (Å²) >= 11 is 0. The molecule has 0 saturated carbocycles. The van der Waals surface area contributed by atoms with Gasteiger partial charge in [0.15, 0.2) is 24.6 Å². The molecule has 1 N–H and O–H groups in total. The summed E-state index contributed by atoms with van der Waals surface area (Å²) in [5.41, 5.74) is 0. The van der Waals surface area contributed by atoms with E-state index in [0.29, 0.717) is 0 Å². The lowest BCUT2D eigenvalue weighted by Crippen LogP contribution is -2.62. The van der Waals surface area contributed by atoms with Crippen LogP contribution in [0.25, 0.3) is 0 Å². The molecule has 1 aliphatic heterocycles. The van der Waals surface area contributed by atoms with Crippen LogP contribution in [0.3, 0.4) is 0 Å². The number of carbonyl (C=O) groups is 4. The minimum Gasteiger partial charge on any atom is -0.465 e. The van der Waals surface area contributed by atoms with Crippen molar-refractivity contribution in [1.29, 1.82) is 0 Å². The van der Waals surface area contributed by atoms with E-state index in [-0.39, 0.29) is 13.1 Å². The quantitative estimate of drug-likeness (QED) is 0.353. The average molecular weight is 334 g/mol. The first kappa shape index (κ1) is 18.8. The summed E-state index contributed by atoms with van der Waals surface area (Å²) in [6, 6.07) is 0. The molecule has 23 heavy (non-hydrogen) atoms. The zero-order valence-corrected chi connectivity index (χ0v) is 12.8. The summed E-state index contributed by atoms with van der Waals surface area (Å²) in [5.74, 6) is -2.25. The molecule has 1 heterocycles. The Morgan fingerprint density at radius 3 is 1.91 bits per heavy atom. The normalized spacial score (nSPS) is 30.0. The van der Waals surface area contributed by atoms with E-state index >= 15 is 0 Å². The third-order valence-corrected chi connectivity index (χ3v) is 2.84. The lowest BCUT2D eigenvalue weighted by molar-refractivity contribution is -0.295. The molecule has 1 rings (SSSR count). The van der Waals surface area contributed by atoms with Crippen molar-refractivity contribution in [2.24, 2.45) is 0 Å². The van der Waals surface area contributed by atoms with Crippen molar-refractivity contribution in [3.05, 3.63) is 0 Å². The van der Waals surface area contributed by atoms with Crippen molar-refractivity contribution < 1.29 is 48.0 Å². The van der Waals surface area contributed by atoms with Gasteiger partial charge in [0.25, 0.3) is 6.47 Å². The van der Waals surface area contributed by atoms with Gasteiger partial charge in [-0.1, -0.05) is 0 Å². The van der Waals surface area contributed by atoms with Crippen molar-refractivity contribution in [2.75, 3.05) is 6.61 Å². The molecule has 0 aromatic rings. The van der Waals surface area contributed by atoms with Gasteiger partial charge in [-0.25, -0.2) is 0 Å². The van der Waals surface area contributed by atoms with Gasteiger partial charge in [-0.3, -0.25) is 19.2 Å². The Labute approximate surface area is 131 Å². The zero-order valence-electron chi connectivity index (χ0n) is 12.8. The predicted molar refractivity (Wildman–Crippen MR) is 69.6 cm³/mol. The Morgan fingerprint density at radius 1 is 0.957 bits per heavy atom. The molecule has 0 spiro atoms. The second kappa shape index (κ2) is 8.44. The second-order valence-electron chi connectivity index (χ2n) is 4.72. The van der Waals surface area contributed by atoms with Gasteiger partial charge in [-0.15, -0.1) is 0 Å². The van der Waals surface area contributed by atoms with Gasteiger partial charge in [0.1, 0.15) is 12.7 Å². The van der Waals surface area contributed by atoms with E-state index in [0.717, 1.165) is 20.8 Å². The minimum absolute atomic E-state index is 0.138. The van der Waals surface area contributed by atoms with Gasteiger partial charge in [0.05, 0.1) is 0 Å². The van der Waals surface area contributed by atoms with E-state index in [2.05, 4.69) is 4.74 Å². The van der Waals surface area contributed by atoms with Crippen LogP contribution in [0.2, 0.25) is 0 Å². The van der Waals surface area contributed by atoms with Crippen LogP contribution in [0.4, 0.5) is 0 Å². The van der Waals surface area contributed by atoms with Gasteiger partial charge in [0, 0.05) is 20.8 Å². The third-order valence-electron chi connectivity index (χ3n) is 2.84. The summed E-state index contributed by atoms with van der Waals surface area (Å²) in [6.45, 7) is 3.05. The molecule has 130 valence electrons. The molecule has 1 saturated heterocycles. The number of aliphatic hydroxyl groups is 1. The van der Waals surface area contributed by atoms with Crippen LogP contribution in [0.1, 0.15) is 20.8 Å². The van der Waals surface area contributed by atoms with Crippen molar-refractivity contribution in [1.82, 2.24) is 0 Å². The zero-order chi connectivity index (χ0) is 17.6. The highest BCUT2D eigenvalue weighted by atomic mass is 16.7. The minimum atomic E-state index is -1.67. The first-order chi connectivity index (χ1) is 10.8. The van der Waals surface area contributed by atoms with E-state index in [1.165, 1.54) is 0 Å². The highest BCUT2D eigenvalue weighted by molar-refractivity contribution is 5.68. The molecule has 10 heteroatoms. The van der Waals surface area contributed by atoms with E-state index in [1.807, 2.05) is 0 Å². The van der Waals surface area contributed by atoms with E-state index < -0.39 is 48.6 Å². The number of esters is 3. The first-order valence-corrected chi connectivity index (χ1v) is 6.66. The smallest absolute Gasteiger partial charge is 0.303 e. The monoisotopic (exact) mass is 334 g/mol. The largest absolute Gasteiger partial charge is 0.465 e. The highest BCUT2D eigenvalue weighted by Crippen LogP contribution is 2.27. The van der Waals surface area contributed by atoms with Gasteiger partial charge >= 0.3 is 17.9 Å². The van der Waals surface area contributed by atoms with E-state index in [9.17, 15) is 24.3 Å². The molecule has 1 aliphatic rings. The number of hydrogen-bond acceptors (Lipinski definition) is 10. The molecule has 10 nitrogen and oxygen atoms in total. The fourth-order valence-electron chi connectivity index (χ4n) is 2.14. The number of ether oxygens (including phenoxy) is 5. The third kappa shape index (κ3) is 5.49. The van der Waals surface area contributed by atoms with Crippen LogP contribution in [0.5, 0.6) is 0 Å². The van der Waals surface area contributed by atoms with Crippen molar-refractivity contribution in [2.45, 2.75) is 51.5 Å². The molecule has 0 aromatic heterocycles. The van der Waals surface area contributed by atoms with E-state index in [4.69, 9.17) is 18.9 Å². The molecular weight excluding hydrogens is 316 g/mol. The van der Waals surface area contributed by atoms with Crippen LogP contribution >= 0.6 is 0 Å². The van der Waals surface area contributed by atoms with Gasteiger partial charge < -0.3 is 28.8 Å². The Kier molecular flexibility index (Phi) is 6.91. The summed E-state index contributed by atoms with van der Waals surface area (Å²) in [6.07, 6.45) is -6.77. The van der Waals surface area contributed by atoms with Gasteiger partial charge in [-0.2, -0.15) is 0 Å². The van der Waals surface area contributed by atoms with Crippen LogP contribution in [-0.4, -0.2) is 66.8 Å². The summed E-state index contributed by atoms with van der Waals surface area (Å²) in [7, 11) is 0. The summed E-state index contributed by atoms with van der Waals surface area (Å²) in [5, 5.41) is 9.95. The Balaban J connectivity index is 3.10. The molecule has 0 bridgehead atoms. The summed E-state index contributed by atoms with van der Waals surface area (Å²) < 4.78 is 24.6. The van der Waals surface area contributed by atoms with Crippen LogP contribution in [0.15, 0.2) is 0 Å². The van der Waals surface area contributed by atoms with Crippen LogP contribution in [0, 0.1) is 0 Å². The molecule has 0 amide bonds. The van der Waals surface area contributed by atoms with Crippen molar-refractivity contribution in [3.8, 4) is 0 Å². The fourth-order valence-corrected chi connectivity index (χ4v) is 2.14. The Morgan fingerprint density at radius 2 is 1.43 bits per heavy atom. The van der Waals surface area contributed by atoms with Crippen LogP contribution < -0.4 is 0 Å². The van der Waals surface area contributed by atoms with Gasteiger partial charge in [0.2, 0.25) is 0 Å². The number of aliphatic hydroxyl groups excluding tert-OH is 1. The molecule has 0 aromatic carbocycles. The Bertz CT molecular complexity index is 462. The molecule has 5 atom stereocenters. The highest BCUT2D eigenvalue weighted by Gasteiger charge is 2.51. The number of hydrogen-bond donors (Lipinski definition) is 1. The maximum absolute atomic E-state index is 11.3. The lowest BCUT2D eigenvalue weighted by atomic mass is 9.98. The first-order valence-electron chi connectivity index (χ1n) is 6.66. The molecule has 1 fully saturated rings. The second-order valence-corrected chi connectivity index (χ2v) is 4.72. The standard InChI is InChI=1S/C13H18O10/c1-6(15)20-10-9(4-19-5-14)23-13(18)12(22-8(3)17)11(10)21-7(2)16/h5,9-13,18H,4H2,1-3H3/t9-,10-,11+,12-,13?/m1/s1. The van der Waals surface area contributed by atoms with E-state index in [1.54, 1.807) is 0 Å². The maximum atomic E-state index is 11.3. The topological polar surface area (TPSA) is 135 Å². The molecule has 0 aliphatic carbocycles. The van der Waals surface area contributed by atoms with Crippen molar-refractivity contribution >= 4 is 24.4 Å². The molecule has 1 unspecified atom stereocenters. The summed E-state index contributed by atoms with van der Waals surface area (Å²) in [4.78, 5) is 44.1. The van der Waals surface area contributed by atoms with Crippen LogP contribution in [-0.2, 0) is 42.9 Å². The molecule has 0 radical (unpaired) electrons. The van der Waals surface area contributed by atoms with Crippen molar-refractivity contribution in [3.63, 3.8) is 0 Å².